The number of para-hydroxylation sites is 2. The molecule has 2 atom stereocenters. The van der Waals surface area contributed by atoms with Crippen LogP contribution in [0.25, 0.3) is 0 Å². The van der Waals surface area contributed by atoms with E-state index in [9.17, 15) is 4.79 Å². The first kappa shape index (κ1) is 9.83. The number of hydrogen-bond donors (Lipinski definition) is 2. The summed E-state index contributed by atoms with van der Waals surface area (Å²) in [4.78, 5) is 11.0. The second-order valence-electron chi connectivity index (χ2n) is 3.72. The number of nitrogens with two attached hydrogens (primary N) is 1. The summed E-state index contributed by atoms with van der Waals surface area (Å²) in [6.07, 6.45) is -0.183. The van der Waals surface area contributed by atoms with E-state index in [4.69, 9.17) is 10.5 Å². The second-order valence-corrected chi connectivity index (χ2v) is 3.72. The first-order valence-corrected chi connectivity index (χ1v) is 4.97. The maximum atomic E-state index is 11.0. The van der Waals surface area contributed by atoms with Crippen LogP contribution in [-0.2, 0) is 4.79 Å². The SMILES string of the molecule is CC(C(N)=O)C1CNc2ccccc2O1. The molecule has 0 bridgehead atoms. The number of carbonyl (C=O) groups is 1. The molecule has 80 valence electrons. The van der Waals surface area contributed by atoms with Gasteiger partial charge in [0.25, 0.3) is 0 Å². The molecular weight excluding hydrogens is 192 g/mol. The monoisotopic (exact) mass is 206 g/mol. The Morgan fingerprint density at radius 1 is 1.60 bits per heavy atom. The lowest BCUT2D eigenvalue weighted by Crippen LogP contribution is -2.41. The summed E-state index contributed by atoms with van der Waals surface area (Å²) in [6.45, 7) is 2.39. The van der Waals surface area contributed by atoms with Gasteiger partial charge in [0.15, 0.2) is 0 Å². The normalized spacial score (nSPS) is 20.7. The van der Waals surface area contributed by atoms with Crippen LogP contribution < -0.4 is 15.8 Å². The van der Waals surface area contributed by atoms with Crippen molar-refractivity contribution < 1.29 is 9.53 Å². The zero-order valence-corrected chi connectivity index (χ0v) is 8.57. The minimum absolute atomic E-state index is 0.183. The zero-order chi connectivity index (χ0) is 10.8. The van der Waals surface area contributed by atoms with Gasteiger partial charge in [-0.2, -0.15) is 0 Å². The molecule has 1 heterocycles. The molecule has 0 saturated heterocycles. The van der Waals surface area contributed by atoms with Gasteiger partial charge in [0.05, 0.1) is 18.2 Å². The number of hydrogen-bond acceptors (Lipinski definition) is 3. The van der Waals surface area contributed by atoms with Gasteiger partial charge in [0.1, 0.15) is 11.9 Å². The van der Waals surface area contributed by atoms with E-state index in [-0.39, 0.29) is 17.9 Å². The lowest BCUT2D eigenvalue weighted by molar-refractivity contribution is -0.123. The van der Waals surface area contributed by atoms with Gasteiger partial charge in [-0.25, -0.2) is 0 Å². The molecule has 4 nitrogen and oxygen atoms in total. The van der Waals surface area contributed by atoms with Crippen molar-refractivity contribution in [2.75, 3.05) is 11.9 Å². The summed E-state index contributed by atoms with van der Waals surface area (Å²) in [7, 11) is 0. The highest BCUT2D eigenvalue weighted by atomic mass is 16.5. The average molecular weight is 206 g/mol. The summed E-state index contributed by atoms with van der Waals surface area (Å²) >= 11 is 0. The highest BCUT2D eigenvalue weighted by molar-refractivity contribution is 5.77. The third kappa shape index (κ3) is 1.88. The van der Waals surface area contributed by atoms with Crippen molar-refractivity contribution in [3.8, 4) is 5.75 Å². The summed E-state index contributed by atoms with van der Waals surface area (Å²) < 4.78 is 5.69. The van der Waals surface area contributed by atoms with Gasteiger partial charge in [-0.15, -0.1) is 0 Å². The fourth-order valence-corrected chi connectivity index (χ4v) is 1.59. The fourth-order valence-electron chi connectivity index (χ4n) is 1.59. The summed E-state index contributed by atoms with van der Waals surface area (Å²) in [6, 6.07) is 7.66. The Bertz CT molecular complexity index is 379. The molecule has 0 aromatic heterocycles. The number of benzene rings is 1. The lowest BCUT2D eigenvalue weighted by Gasteiger charge is -2.29. The molecule has 0 fully saturated rings. The van der Waals surface area contributed by atoms with Crippen molar-refractivity contribution in [2.24, 2.45) is 11.7 Å². The lowest BCUT2D eigenvalue weighted by atomic mass is 10.0. The van der Waals surface area contributed by atoms with Crippen molar-refractivity contribution in [2.45, 2.75) is 13.0 Å². The number of rotatable bonds is 2. The Kier molecular flexibility index (Phi) is 2.49. The minimum atomic E-state index is -0.332. The van der Waals surface area contributed by atoms with E-state index in [0.717, 1.165) is 11.4 Å². The summed E-state index contributed by atoms with van der Waals surface area (Å²) in [5.74, 6) is 0.161. The molecule has 1 aliphatic heterocycles. The van der Waals surface area contributed by atoms with Crippen LogP contribution in [-0.4, -0.2) is 18.6 Å². The Morgan fingerprint density at radius 3 is 3.07 bits per heavy atom. The Balaban J connectivity index is 2.15. The molecule has 1 aromatic carbocycles. The topological polar surface area (TPSA) is 64.4 Å². The fraction of sp³-hybridized carbons (Fsp3) is 0.364. The van der Waals surface area contributed by atoms with E-state index in [0.29, 0.717) is 6.54 Å². The predicted octanol–water partition coefficient (Wildman–Crippen LogP) is 0.981. The Morgan fingerprint density at radius 2 is 2.33 bits per heavy atom. The number of amides is 1. The number of anilines is 1. The van der Waals surface area contributed by atoms with Crippen molar-refractivity contribution >= 4 is 11.6 Å². The third-order valence-corrected chi connectivity index (χ3v) is 2.67. The van der Waals surface area contributed by atoms with Crippen molar-refractivity contribution in [3.05, 3.63) is 24.3 Å². The van der Waals surface area contributed by atoms with E-state index < -0.39 is 0 Å². The van der Waals surface area contributed by atoms with Gasteiger partial charge in [0.2, 0.25) is 5.91 Å². The molecule has 0 spiro atoms. The van der Waals surface area contributed by atoms with Gasteiger partial charge in [-0.05, 0) is 19.1 Å². The molecule has 0 radical (unpaired) electrons. The third-order valence-electron chi connectivity index (χ3n) is 2.67. The van der Waals surface area contributed by atoms with E-state index in [1.165, 1.54) is 0 Å². The van der Waals surface area contributed by atoms with Crippen LogP contribution in [0.1, 0.15) is 6.92 Å². The van der Waals surface area contributed by atoms with Gasteiger partial charge in [-0.1, -0.05) is 12.1 Å². The largest absolute Gasteiger partial charge is 0.486 e. The molecule has 1 aromatic rings. The maximum absolute atomic E-state index is 11.0. The molecule has 0 saturated carbocycles. The van der Waals surface area contributed by atoms with Crippen LogP contribution in [0, 0.1) is 5.92 Å². The van der Waals surface area contributed by atoms with Crippen LogP contribution in [0.2, 0.25) is 0 Å². The van der Waals surface area contributed by atoms with Crippen molar-refractivity contribution in [3.63, 3.8) is 0 Å². The Labute approximate surface area is 88.4 Å². The second kappa shape index (κ2) is 3.81. The number of fused-ring (bicyclic) bond motifs is 1. The van der Waals surface area contributed by atoms with E-state index in [1.54, 1.807) is 6.92 Å². The van der Waals surface area contributed by atoms with E-state index in [2.05, 4.69) is 5.32 Å². The molecule has 1 amide bonds. The highest BCUT2D eigenvalue weighted by Crippen LogP contribution is 2.29. The van der Waals surface area contributed by atoms with Crippen LogP contribution >= 0.6 is 0 Å². The van der Waals surface area contributed by atoms with Crippen LogP contribution in [0.4, 0.5) is 5.69 Å². The van der Waals surface area contributed by atoms with Crippen molar-refractivity contribution in [1.82, 2.24) is 0 Å². The quantitative estimate of drug-likeness (QED) is 0.758. The van der Waals surface area contributed by atoms with Crippen LogP contribution in [0.3, 0.4) is 0 Å². The number of ether oxygens (including phenoxy) is 1. The molecule has 2 unspecified atom stereocenters. The molecule has 2 rings (SSSR count). The smallest absolute Gasteiger partial charge is 0.224 e. The molecule has 15 heavy (non-hydrogen) atoms. The summed E-state index contributed by atoms with van der Waals surface area (Å²) in [5, 5.41) is 3.22. The summed E-state index contributed by atoms with van der Waals surface area (Å²) in [5.41, 5.74) is 6.20. The number of primary amides is 1. The maximum Gasteiger partial charge on any atom is 0.224 e. The van der Waals surface area contributed by atoms with Gasteiger partial charge in [0, 0.05) is 0 Å². The van der Waals surface area contributed by atoms with Gasteiger partial charge >= 0.3 is 0 Å². The van der Waals surface area contributed by atoms with Gasteiger partial charge < -0.3 is 15.8 Å². The van der Waals surface area contributed by atoms with Crippen molar-refractivity contribution in [1.29, 1.82) is 0 Å². The molecule has 4 heteroatoms. The highest BCUT2D eigenvalue weighted by Gasteiger charge is 2.27. The first-order chi connectivity index (χ1) is 7.18. The average Bonchev–Trinajstić information content (AvgIpc) is 2.27. The van der Waals surface area contributed by atoms with E-state index >= 15 is 0 Å². The van der Waals surface area contributed by atoms with Gasteiger partial charge in [-0.3, -0.25) is 4.79 Å². The predicted molar refractivity (Wildman–Crippen MR) is 57.7 cm³/mol. The standard InChI is InChI=1S/C11H14N2O2/c1-7(11(12)14)10-6-13-8-4-2-3-5-9(8)15-10/h2-5,7,10,13H,6H2,1H3,(H2,12,14). The molecular formula is C11H14N2O2. The number of nitrogens with one attached hydrogen (secondary N) is 1. The van der Waals surface area contributed by atoms with E-state index in [1.807, 2.05) is 24.3 Å². The minimum Gasteiger partial charge on any atom is -0.486 e. The van der Waals surface area contributed by atoms with Crippen LogP contribution in [0.5, 0.6) is 5.75 Å². The zero-order valence-electron chi connectivity index (χ0n) is 8.57. The number of carbonyl (C=O) groups excluding carboxylic acids is 1. The molecule has 1 aliphatic rings. The molecule has 0 aliphatic carbocycles. The van der Waals surface area contributed by atoms with Crippen LogP contribution in [0.15, 0.2) is 24.3 Å². The molecule has 3 N–H and O–H groups in total. The Hall–Kier alpha value is -1.71. The first-order valence-electron chi connectivity index (χ1n) is 4.97.